The summed E-state index contributed by atoms with van der Waals surface area (Å²) in [5.41, 5.74) is 0.816. The Balaban J connectivity index is 1.75. The maximum Gasteiger partial charge on any atom is 0.311 e. The van der Waals surface area contributed by atoms with Crippen molar-refractivity contribution in [2.24, 2.45) is 11.3 Å². The summed E-state index contributed by atoms with van der Waals surface area (Å²) in [4.78, 5) is 14.2. The van der Waals surface area contributed by atoms with Crippen LogP contribution >= 0.6 is 0 Å². The number of methoxy groups -OCH3 is 1. The first-order valence-electron chi connectivity index (χ1n) is 8.15. The lowest BCUT2D eigenvalue weighted by molar-refractivity contribution is -0.152. The van der Waals surface area contributed by atoms with E-state index >= 15 is 0 Å². The van der Waals surface area contributed by atoms with Crippen molar-refractivity contribution in [2.45, 2.75) is 25.2 Å². The molecule has 2 aliphatic rings. The van der Waals surface area contributed by atoms with Gasteiger partial charge in [-0.05, 0) is 36.7 Å². The maximum absolute atomic E-state index is 12.0. The number of hydrogen-bond acceptors (Lipinski definition) is 3. The molecule has 1 aromatic rings. The summed E-state index contributed by atoms with van der Waals surface area (Å²) in [5.74, 6) is 0.144. The van der Waals surface area contributed by atoms with E-state index in [0.717, 1.165) is 32.4 Å². The molecule has 0 radical (unpaired) electrons. The third-order valence-electron chi connectivity index (χ3n) is 5.58. The molecular weight excluding hydrogens is 278 g/mol. The molecule has 1 aliphatic carbocycles. The lowest BCUT2D eigenvalue weighted by atomic mass is 9.64. The smallest absolute Gasteiger partial charge is 0.311 e. The summed E-state index contributed by atoms with van der Waals surface area (Å²) in [6.07, 6.45) is 2.75. The fourth-order valence-corrected chi connectivity index (χ4v) is 4.32. The molecule has 1 saturated heterocycles. The van der Waals surface area contributed by atoms with E-state index in [2.05, 4.69) is 29.2 Å². The number of likely N-dealkylation sites (tertiary alicyclic amines) is 1. The van der Waals surface area contributed by atoms with Crippen LogP contribution in [0.3, 0.4) is 0 Å². The van der Waals surface area contributed by atoms with Crippen LogP contribution in [0.25, 0.3) is 0 Å². The first-order valence-corrected chi connectivity index (χ1v) is 8.15. The number of benzene rings is 1. The van der Waals surface area contributed by atoms with Crippen LogP contribution in [0.15, 0.2) is 30.3 Å². The SMILES string of the molecule is COCCN1C[C@@H]2C[C@@H](c3ccccc3)CC[C@]2(C(=O)O)C1. The number of ether oxygens (including phenoxy) is 1. The van der Waals surface area contributed by atoms with E-state index in [1.165, 1.54) is 5.56 Å². The molecule has 22 heavy (non-hydrogen) atoms. The van der Waals surface area contributed by atoms with Gasteiger partial charge in [0.25, 0.3) is 0 Å². The fourth-order valence-electron chi connectivity index (χ4n) is 4.32. The van der Waals surface area contributed by atoms with Gasteiger partial charge in [0.2, 0.25) is 0 Å². The van der Waals surface area contributed by atoms with Gasteiger partial charge < -0.3 is 9.84 Å². The van der Waals surface area contributed by atoms with Crippen LogP contribution < -0.4 is 0 Å². The van der Waals surface area contributed by atoms with Crippen LogP contribution in [-0.2, 0) is 9.53 Å². The van der Waals surface area contributed by atoms with Crippen LogP contribution in [0.2, 0.25) is 0 Å². The molecule has 1 N–H and O–H groups in total. The third-order valence-corrected chi connectivity index (χ3v) is 5.58. The quantitative estimate of drug-likeness (QED) is 0.908. The van der Waals surface area contributed by atoms with Gasteiger partial charge in [0, 0.05) is 26.7 Å². The zero-order chi connectivity index (χ0) is 15.6. The van der Waals surface area contributed by atoms with Gasteiger partial charge in [-0.2, -0.15) is 0 Å². The van der Waals surface area contributed by atoms with E-state index in [9.17, 15) is 9.90 Å². The van der Waals surface area contributed by atoms with Crippen molar-refractivity contribution in [2.75, 3.05) is 33.4 Å². The van der Waals surface area contributed by atoms with Gasteiger partial charge in [-0.1, -0.05) is 30.3 Å². The zero-order valence-electron chi connectivity index (χ0n) is 13.2. The molecule has 0 unspecified atom stereocenters. The van der Waals surface area contributed by atoms with E-state index in [1.807, 2.05) is 6.07 Å². The molecule has 0 bridgehead atoms. The number of hydrogen-bond donors (Lipinski definition) is 1. The molecule has 3 rings (SSSR count). The monoisotopic (exact) mass is 303 g/mol. The number of carboxylic acids is 1. The Labute approximate surface area is 132 Å². The minimum absolute atomic E-state index is 0.251. The van der Waals surface area contributed by atoms with Crippen molar-refractivity contribution in [3.63, 3.8) is 0 Å². The number of rotatable bonds is 5. The van der Waals surface area contributed by atoms with E-state index < -0.39 is 11.4 Å². The van der Waals surface area contributed by atoms with Crippen molar-refractivity contribution < 1.29 is 14.6 Å². The second-order valence-corrected chi connectivity index (χ2v) is 6.77. The summed E-state index contributed by atoms with van der Waals surface area (Å²) in [6, 6.07) is 10.5. The Kier molecular flexibility index (Phi) is 4.50. The summed E-state index contributed by atoms with van der Waals surface area (Å²) in [7, 11) is 1.70. The van der Waals surface area contributed by atoms with E-state index in [0.29, 0.717) is 19.1 Å². The lowest BCUT2D eigenvalue weighted by Gasteiger charge is -2.38. The number of aliphatic carboxylic acids is 1. The minimum atomic E-state index is -0.607. The van der Waals surface area contributed by atoms with Gasteiger partial charge in [-0.3, -0.25) is 9.69 Å². The summed E-state index contributed by atoms with van der Waals surface area (Å²) < 4.78 is 5.15. The molecule has 0 amide bonds. The Morgan fingerprint density at radius 1 is 1.41 bits per heavy atom. The largest absolute Gasteiger partial charge is 0.481 e. The molecule has 120 valence electrons. The Bertz CT molecular complexity index is 518. The summed E-state index contributed by atoms with van der Waals surface area (Å²) >= 11 is 0. The highest BCUT2D eigenvalue weighted by Crippen LogP contribution is 2.51. The normalized spacial score (nSPS) is 31.9. The van der Waals surface area contributed by atoms with E-state index in [1.54, 1.807) is 7.11 Å². The van der Waals surface area contributed by atoms with Gasteiger partial charge >= 0.3 is 5.97 Å². The molecule has 1 aliphatic heterocycles. The molecule has 1 saturated carbocycles. The van der Waals surface area contributed by atoms with Gasteiger partial charge in [0.15, 0.2) is 0 Å². The second-order valence-electron chi connectivity index (χ2n) is 6.77. The molecule has 4 nitrogen and oxygen atoms in total. The average molecular weight is 303 g/mol. The molecule has 0 spiro atoms. The van der Waals surface area contributed by atoms with Crippen molar-refractivity contribution in [1.82, 2.24) is 4.90 Å². The van der Waals surface area contributed by atoms with Gasteiger partial charge in [-0.25, -0.2) is 0 Å². The Morgan fingerprint density at radius 3 is 2.86 bits per heavy atom. The maximum atomic E-state index is 12.0. The minimum Gasteiger partial charge on any atom is -0.481 e. The standard InChI is InChI=1S/C18H25NO3/c1-22-10-9-19-12-16-11-15(14-5-3-2-4-6-14)7-8-18(16,13-19)17(20)21/h2-6,15-16H,7-13H2,1H3,(H,20,21)/t15-,16-,18-/m0/s1. The van der Waals surface area contributed by atoms with Gasteiger partial charge in [0.05, 0.1) is 12.0 Å². The van der Waals surface area contributed by atoms with Gasteiger partial charge in [-0.15, -0.1) is 0 Å². The van der Waals surface area contributed by atoms with Crippen molar-refractivity contribution in [3.8, 4) is 0 Å². The van der Waals surface area contributed by atoms with Crippen LogP contribution in [0.4, 0.5) is 0 Å². The first-order chi connectivity index (χ1) is 10.7. The highest BCUT2D eigenvalue weighted by atomic mass is 16.5. The number of nitrogens with zero attached hydrogens (tertiary/aromatic N) is 1. The highest BCUT2D eigenvalue weighted by molar-refractivity contribution is 5.76. The van der Waals surface area contributed by atoms with Crippen molar-refractivity contribution in [1.29, 1.82) is 0 Å². The molecule has 2 fully saturated rings. The average Bonchev–Trinajstić information content (AvgIpc) is 2.92. The molecule has 1 heterocycles. The second kappa shape index (κ2) is 6.39. The Morgan fingerprint density at radius 2 is 2.18 bits per heavy atom. The number of fused-ring (bicyclic) bond motifs is 1. The molecule has 4 heteroatoms. The fraction of sp³-hybridized carbons (Fsp3) is 0.611. The number of carboxylic acid groups (broad SMARTS) is 1. The molecular formula is C18H25NO3. The first kappa shape index (κ1) is 15.5. The van der Waals surface area contributed by atoms with Gasteiger partial charge in [0.1, 0.15) is 0 Å². The highest BCUT2D eigenvalue weighted by Gasteiger charge is 2.54. The van der Waals surface area contributed by atoms with E-state index in [-0.39, 0.29) is 5.92 Å². The van der Waals surface area contributed by atoms with Crippen LogP contribution in [-0.4, -0.2) is 49.3 Å². The van der Waals surface area contributed by atoms with Crippen LogP contribution in [0.1, 0.15) is 30.7 Å². The summed E-state index contributed by atoms with van der Waals surface area (Å²) in [6.45, 7) is 3.07. The van der Waals surface area contributed by atoms with Crippen LogP contribution in [0.5, 0.6) is 0 Å². The topological polar surface area (TPSA) is 49.8 Å². The summed E-state index contributed by atoms with van der Waals surface area (Å²) in [5, 5.41) is 9.84. The number of carbonyl (C=O) groups is 1. The van der Waals surface area contributed by atoms with Crippen molar-refractivity contribution in [3.05, 3.63) is 35.9 Å². The van der Waals surface area contributed by atoms with Crippen LogP contribution in [0, 0.1) is 11.3 Å². The predicted octanol–water partition coefficient (Wildman–Crippen LogP) is 2.60. The third kappa shape index (κ3) is 2.77. The predicted molar refractivity (Wildman–Crippen MR) is 84.9 cm³/mol. The van der Waals surface area contributed by atoms with E-state index in [4.69, 9.17) is 4.74 Å². The zero-order valence-corrected chi connectivity index (χ0v) is 13.2. The Hall–Kier alpha value is -1.39. The molecule has 1 aromatic carbocycles. The lowest BCUT2D eigenvalue weighted by Crippen LogP contribution is -2.42. The molecule has 0 aromatic heterocycles. The molecule has 3 atom stereocenters. The van der Waals surface area contributed by atoms with Crippen molar-refractivity contribution >= 4 is 5.97 Å².